The van der Waals surface area contributed by atoms with E-state index in [1.165, 1.54) is 5.56 Å². The predicted molar refractivity (Wildman–Crippen MR) is 84.3 cm³/mol. The van der Waals surface area contributed by atoms with Gasteiger partial charge < -0.3 is 14.8 Å². The van der Waals surface area contributed by atoms with E-state index >= 15 is 0 Å². The molecule has 0 aromatic heterocycles. The Hall–Kier alpha value is -1.06. The highest BCUT2D eigenvalue weighted by atomic mass is 16.5. The second-order valence-corrected chi connectivity index (χ2v) is 5.67. The third kappa shape index (κ3) is 4.80. The molecule has 0 amide bonds. The van der Waals surface area contributed by atoms with Gasteiger partial charge in [0.1, 0.15) is 5.75 Å². The molecule has 3 nitrogen and oxygen atoms in total. The summed E-state index contributed by atoms with van der Waals surface area (Å²) in [5.74, 6) is 1.37. The summed E-state index contributed by atoms with van der Waals surface area (Å²) in [6.07, 6.45) is 0.370. The molecule has 0 saturated carbocycles. The van der Waals surface area contributed by atoms with Crippen molar-refractivity contribution in [2.24, 2.45) is 5.92 Å². The molecule has 0 aliphatic carbocycles. The van der Waals surface area contributed by atoms with E-state index in [0.717, 1.165) is 12.4 Å². The minimum Gasteiger partial charge on any atom is -0.491 e. The van der Waals surface area contributed by atoms with Crippen LogP contribution in [0.3, 0.4) is 0 Å². The number of hydrogen-bond acceptors (Lipinski definition) is 3. The SMILES string of the molecule is CCOC(C(C)C)C(NC)c1ccc(OC(C)C)cc1. The monoisotopic (exact) mass is 279 g/mol. The van der Waals surface area contributed by atoms with Crippen LogP contribution in [0.25, 0.3) is 0 Å². The highest BCUT2D eigenvalue weighted by Crippen LogP contribution is 2.26. The van der Waals surface area contributed by atoms with Gasteiger partial charge in [0.2, 0.25) is 0 Å². The summed E-state index contributed by atoms with van der Waals surface area (Å²) in [5.41, 5.74) is 1.23. The van der Waals surface area contributed by atoms with Gasteiger partial charge >= 0.3 is 0 Å². The molecule has 1 aromatic rings. The molecule has 0 heterocycles. The fourth-order valence-corrected chi connectivity index (χ4v) is 2.41. The summed E-state index contributed by atoms with van der Waals surface area (Å²) in [6, 6.07) is 8.50. The minimum atomic E-state index is 0.168. The van der Waals surface area contributed by atoms with Gasteiger partial charge in [-0.1, -0.05) is 26.0 Å². The molecule has 0 saturated heterocycles. The molecule has 3 heteroatoms. The van der Waals surface area contributed by atoms with Crippen LogP contribution < -0.4 is 10.1 Å². The van der Waals surface area contributed by atoms with E-state index < -0.39 is 0 Å². The number of hydrogen-bond donors (Lipinski definition) is 1. The molecule has 0 aliphatic rings. The van der Waals surface area contributed by atoms with Gasteiger partial charge in [-0.2, -0.15) is 0 Å². The molecule has 1 rings (SSSR count). The largest absolute Gasteiger partial charge is 0.491 e. The zero-order valence-corrected chi connectivity index (χ0v) is 13.6. The van der Waals surface area contributed by atoms with Gasteiger partial charge in [0.05, 0.1) is 18.2 Å². The second kappa shape index (κ2) is 8.28. The maximum Gasteiger partial charge on any atom is 0.119 e. The van der Waals surface area contributed by atoms with E-state index in [9.17, 15) is 0 Å². The van der Waals surface area contributed by atoms with Crippen LogP contribution in [-0.2, 0) is 4.74 Å². The lowest BCUT2D eigenvalue weighted by molar-refractivity contribution is 0.00459. The Bertz CT molecular complexity index is 373. The van der Waals surface area contributed by atoms with Crippen molar-refractivity contribution in [3.05, 3.63) is 29.8 Å². The van der Waals surface area contributed by atoms with Crippen molar-refractivity contribution in [3.63, 3.8) is 0 Å². The normalized spacial score (nSPS) is 14.6. The van der Waals surface area contributed by atoms with Crippen molar-refractivity contribution in [3.8, 4) is 5.75 Å². The average molecular weight is 279 g/mol. The van der Waals surface area contributed by atoms with Gasteiger partial charge in [0.15, 0.2) is 0 Å². The number of ether oxygens (including phenoxy) is 2. The van der Waals surface area contributed by atoms with Crippen LogP contribution in [0.4, 0.5) is 0 Å². The van der Waals surface area contributed by atoms with E-state index in [1.807, 2.05) is 40.0 Å². The molecular formula is C17H29NO2. The van der Waals surface area contributed by atoms with Crippen molar-refractivity contribution in [1.29, 1.82) is 0 Å². The summed E-state index contributed by atoms with van der Waals surface area (Å²) in [7, 11) is 1.98. The fraction of sp³-hybridized carbons (Fsp3) is 0.647. The van der Waals surface area contributed by atoms with Gasteiger partial charge in [-0.25, -0.2) is 0 Å². The Morgan fingerprint density at radius 1 is 1.05 bits per heavy atom. The lowest BCUT2D eigenvalue weighted by Crippen LogP contribution is -2.35. The molecule has 2 atom stereocenters. The minimum absolute atomic E-state index is 0.168. The number of rotatable bonds is 8. The maximum absolute atomic E-state index is 5.91. The molecule has 2 unspecified atom stereocenters. The maximum atomic E-state index is 5.91. The van der Waals surface area contributed by atoms with Crippen LogP contribution in [0.15, 0.2) is 24.3 Å². The van der Waals surface area contributed by atoms with Crippen molar-refractivity contribution < 1.29 is 9.47 Å². The molecule has 1 aromatic carbocycles. The van der Waals surface area contributed by atoms with E-state index in [4.69, 9.17) is 9.47 Å². The first-order valence-electron chi connectivity index (χ1n) is 7.55. The molecule has 0 fully saturated rings. The summed E-state index contributed by atoms with van der Waals surface area (Å²) >= 11 is 0. The topological polar surface area (TPSA) is 30.5 Å². The van der Waals surface area contributed by atoms with Gasteiger partial charge in [-0.15, -0.1) is 0 Å². The van der Waals surface area contributed by atoms with Crippen LogP contribution in [-0.4, -0.2) is 25.9 Å². The molecule has 0 bridgehead atoms. The first-order valence-corrected chi connectivity index (χ1v) is 7.55. The van der Waals surface area contributed by atoms with Crippen LogP contribution in [0, 0.1) is 5.92 Å². The number of likely N-dealkylation sites (N-methyl/N-ethyl adjacent to an activating group) is 1. The molecule has 114 valence electrons. The molecule has 0 radical (unpaired) electrons. The zero-order valence-electron chi connectivity index (χ0n) is 13.6. The molecule has 20 heavy (non-hydrogen) atoms. The van der Waals surface area contributed by atoms with Gasteiger partial charge in [0.25, 0.3) is 0 Å². The van der Waals surface area contributed by atoms with Crippen molar-refractivity contribution in [2.75, 3.05) is 13.7 Å². The molecule has 1 N–H and O–H groups in total. The Balaban J connectivity index is 2.88. The number of nitrogens with one attached hydrogen (secondary N) is 1. The third-order valence-corrected chi connectivity index (χ3v) is 3.27. The van der Waals surface area contributed by atoms with Gasteiger partial charge in [-0.3, -0.25) is 0 Å². The Kier molecular flexibility index (Phi) is 7.03. The van der Waals surface area contributed by atoms with Gasteiger partial charge in [0, 0.05) is 6.61 Å². The predicted octanol–water partition coefficient (Wildman–Crippen LogP) is 3.80. The number of benzene rings is 1. The third-order valence-electron chi connectivity index (χ3n) is 3.27. The smallest absolute Gasteiger partial charge is 0.119 e. The lowest BCUT2D eigenvalue weighted by Gasteiger charge is -2.30. The van der Waals surface area contributed by atoms with Crippen molar-refractivity contribution >= 4 is 0 Å². The van der Waals surface area contributed by atoms with E-state index in [2.05, 4.69) is 31.3 Å². The van der Waals surface area contributed by atoms with E-state index in [-0.39, 0.29) is 18.2 Å². The molecular weight excluding hydrogens is 250 g/mol. The summed E-state index contributed by atoms with van der Waals surface area (Å²) in [6.45, 7) is 11.2. The average Bonchev–Trinajstić information content (AvgIpc) is 2.39. The van der Waals surface area contributed by atoms with E-state index in [1.54, 1.807) is 0 Å². The van der Waals surface area contributed by atoms with Crippen molar-refractivity contribution in [1.82, 2.24) is 5.32 Å². The quantitative estimate of drug-likeness (QED) is 0.785. The summed E-state index contributed by atoms with van der Waals surface area (Å²) in [5, 5.41) is 3.38. The zero-order chi connectivity index (χ0) is 15.1. The van der Waals surface area contributed by atoms with Crippen LogP contribution >= 0.6 is 0 Å². The lowest BCUT2D eigenvalue weighted by atomic mass is 9.93. The first kappa shape index (κ1) is 17.0. The standard InChI is InChI=1S/C17H29NO2/c1-7-19-17(12(2)3)16(18-6)14-8-10-15(11-9-14)20-13(4)5/h8-13,16-18H,7H2,1-6H3. The van der Waals surface area contributed by atoms with Crippen LogP contribution in [0.2, 0.25) is 0 Å². The summed E-state index contributed by atoms with van der Waals surface area (Å²) < 4.78 is 11.6. The highest BCUT2D eigenvalue weighted by Gasteiger charge is 2.25. The van der Waals surface area contributed by atoms with Crippen LogP contribution in [0.1, 0.15) is 46.2 Å². The Labute approximate surface area is 123 Å². The van der Waals surface area contributed by atoms with Crippen molar-refractivity contribution in [2.45, 2.75) is 52.9 Å². The second-order valence-electron chi connectivity index (χ2n) is 5.67. The fourth-order valence-electron chi connectivity index (χ4n) is 2.41. The van der Waals surface area contributed by atoms with Gasteiger partial charge in [-0.05, 0) is 51.4 Å². The Morgan fingerprint density at radius 3 is 2.05 bits per heavy atom. The molecule has 0 aliphatic heterocycles. The highest BCUT2D eigenvalue weighted by molar-refractivity contribution is 5.30. The van der Waals surface area contributed by atoms with E-state index in [0.29, 0.717) is 5.92 Å². The molecule has 0 spiro atoms. The first-order chi connectivity index (χ1) is 9.49. The summed E-state index contributed by atoms with van der Waals surface area (Å²) in [4.78, 5) is 0. The van der Waals surface area contributed by atoms with Crippen LogP contribution in [0.5, 0.6) is 5.75 Å². The Morgan fingerprint density at radius 2 is 1.65 bits per heavy atom.